The van der Waals surface area contributed by atoms with Crippen LogP contribution in [0.25, 0.3) is 10.4 Å². The number of hydrogen-bond acceptors (Lipinski definition) is 6. The molecular weight excluding hydrogens is 374 g/mol. The molecule has 0 spiro atoms. The lowest BCUT2D eigenvalue weighted by atomic mass is 10.3. The van der Waals surface area contributed by atoms with Crippen molar-refractivity contribution in [3.63, 3.8) is 0 Å². The molecule has 0 unspecified atom stereocenters. The van der Waals surface area contributed by atoms with Crippen LogP contribution >= 0.6 is 11.3 Å². The predicted octanol–water partition coefficient (Wildman–Crippen LogP) is 3.30. The van der Waals surface area contributed by atoms with E-state index in [1.807, 2.05) is 18.2 Å². The van der Waals surface area contributed by atoms with Gasteiger partial charge < -0.3 is 13.9 Å². The third-order valence-electron chi connectivity index (χ3n) is 3.95. The van der Waals surface area contributed by atoms with Crippen molar-refractivity contribution in [1.82, 2.24) is 4.72 Å². The zero-order valence-electron chi connectivity index (χ0n) is 13.8. The Kier molecular flexibility index (Phi) is 4.71. The normalized spacial score (nSPS) is 13.7. The fraction of sp³-hybridized carbons (Fsp3) is 0.222. The van der Waals surface area contributed by atoms with Gasteiger partial charge in [0.1, 0.15) is 13.2 Å². The van der Waals surface area contributed by atoms with Crippen molar-refractivity contribution in [2.24, 2.45) is 0 Å². The largest absolute Gasteiger partial charge is 0.486 e. The summed E-state index contributed by atoms with van der Waals surface area (Å²) in [5.74, 6) is 1.03. The molecule has 1 aliphatic rings. The molecule has 3 aromatic rings. The molecule has 26 heavy (non-hydrogen) atoms. The number of fused-ring (bicyclic) bond motifs is 1. The molecule has 2 aromatic heterocycles. The number of hydrogen-bond donors (Lipinski definition) is 1. The summed E-state index contributed by atoms with van der Waals surface area (Å²) in [5, 5.41) is 0. The second-order valence-electron chi connectivity index (χ2n) is 5.73. The quantitative estimate of drug-likeness (QED) is 0.698. The number of thiophene rings is 1. The van der Waals surface area contributed by atoms with E-state index in [0.29, 0.717) is 37.7 Å². The van der Waals surface area contributed by atoms with Crippen molar-refractivity contribution in [3.8, 4) is 21.9 Å². The van der Waals surface area contributed by atoms with Crippen molar-refractivity contribution < 1.29 is 22.3 Å². The van der Waals surface area contributed by atoms with Crippen molar-refractivity contribution in [2.45, 2.75) is 11.3 Å². The Morgan fingerprint density at radius 3 is 2.69 bits per heavy atom. The van der Waals surface area contributed by atoms with Crippen LogP contribution in [-0.2, 0) is 16.4 Å². The van der Waals surface area contributed by atoms with Crippen molar-refractivity contribution in [2.75, 3.05) is 19.8 Å². The molecular formula is C18H17NO5S2. The van der Waals surface area contributed by atoms with Crippen molar-refractivity contribution in [3.05, 3.63) is 53.8 Å². The molecule has 0 radical (unpaired) electrons. The Morgan fingerprint density at radius 1 is 1.04 bits per heavy atom. The Hall–Kier alpha value is -2.29. The molecule has 136 valence electrons. The topological polar surface area (TPSA) is 77.8 Å². The van der Waals surface area contributed by atoms with Gasteiger partial charge >= 0.3 is 0 Å². The Labute approximate surface area is 155 Å². The van der Waals surface area contributed by atoms with Gasteiger partial charge in [-0.2, -0.15) is 0 Å². The maximum Gasteiger partial charge on any atom is 0.240 e. The van der Waals surface area contributed by atoms with Crippen LogP contribution in [0.3, 0.4) is 0 Å². The Morgan fingerprint density at radius 2 is 1.88 bits per heavy atom. The third-order valence-corrected chi connectivity index (χ3v) is 6.61. The molecule has 1 aliphatic heterocycles. The lowest BCUT2D eigenvalue weighted by Crippen LogP contribution is -2.26. The summed E-state index contributed by atoms with van der Waals surface area (Å²) in [4.78, 5) is 2.38. The Bertz CT molecular complexity index is 993. The molecule has 0 atom stereocenters. The van der Waals surface area contributed by atoms with Gasteiger partial charge in [0.25, 0.3) is 0 Å². The molecule has 0 aliphatic carbocycles. The molecule has 4 rings (SSSR count). The molecule has 0 amide bonds. The van der Waals surface area contributed by atoms with Crippen molar-refractivity contribution >= 4 is 21.4 Å². The van der Waals surface area contributed by atoms with Gasteiger partial charge in [0.05, 0.1) is 17.4 Å². The molecule has 0 saturated heterocycles. The number of sulfonamides is 1. The third kappa shape index (κ3) is 3.62. The molecule has 3 heterocycles. The van der Waals surface area contributed by atoms with Gasteiger partial charge in [-0.3, -0.25) is 0 Å². The molecule has 0 saturated carbocycles. The second kappa shape index (κ2) is 7.14. The SMILES string of the molecule is O=S(=O)(NCCc1ccc(-c2ccoc2)s1)c1ccc2c(c1)OCCO2. The monoisotopic (exact) mass is 391 g/mol. The minimum atomic E-state index is -3.60. The number of ether oxygens (including phenoxy) is 2. The van der Waals surface area contributed by atoms with Gasteiger partial charge in [0.2, 0.25) is 10.0 Å². The van der Waals surface area contributed by atoms with Crippen LogP contribution in [-0.4, -0.2) is 28.2 Å². The molecule has 6 nitrogen and oxygen atoms in total. The van der Waals surface area contributed by atoms with Crippen LogP contribution < -0.4 is 14.2 Å². The highest BCUT2D eigenvalue weighted by Crippen LogP contribution is 2.32. The highest BCUT2D eigenvalue weighted by molar-refractivity contribution is 7.89. The average Bonchev–Trinajstić information content (AvgIpc) is 3.32. The lowest BCUT2D eigenvalue weighted by Gasteiger charge is -2.18. The molecule has 0 fully saturated rings. The van der Waals surface area contributed by atoms with E-state index in [4.69, 9.17) is 13.9 Å². The highest BCUT2D eigenvalue weighted by Gasteiger charge is 2.19. The highest BCUT2D eigenvalue weighted by atomic mass is 32.2. The number of furan rings is 1. The van der Waals surface area contributed by atoms with E-state index in [1.54, 1.807) is 29.9 Å². The molecule has 1 N–H and O–H groups in total. The zero-order valence-corrected chi connectivity index (χ0v) is 15.4. The summed E-state index contributed by atoms with van der Waals surface area (Å²) in [6.45, 7) is 1.21. The Balaban J connectivity index is 1.39. The van der Waals surface area contributed by atoms with E-state index in [9.17, 15) is 8.42 Å². The second-order valence-corrected chi connectivity index (χ2v) is 8.67. The summed E-state index contributed by atoms with van der Waals surface area (Å²) in [7, 11) is -3.60. The van der Waals surface area contributed by atoms with E-state index in [-0.39, 0.29) is 4.90 Å². The standard InChI is InChI=1S/C18H17NO5S2/c20-26(21,15-2-3-16-17(11-15)24-10-9-23-16)19-7-5-14-1-4-18(25-14)13-6-8-22-12-13/h1-4,6,8,11-12,19H,5,7,9-10H2. The first kappa shape index (κ1) is 17.1. The van der Waals surface area contributed by atoms with E-state index < -0.39 is 10.0 Å². The number of nitrogens with one attached hydrogen (secondary N) is 1. The van der Waals surface area contributed by atoms with Gasteiger partial charge in [0, 0.05) is 27.9 Å². The van der Waals surface area contributed by atoms with Gasteiger partial charge in [0.15, 0.2) is 11.5 Å². The van der Waals surface area contributed by atoms with Crippen LogP contribution in [0, 0.1) is 0 Å². The smallest absolute Gasteiger partial charge is 0.240 e. The van der Waals surface area contributed by atoms with E-state index in [1.165, 1.54) is 12.1 Å². The summed E-state index contributed by atoms with van der Waals surface area (Å²) in [5.41, 5.74) is 1.03. The molecule has 0 bridgehead atoms. The van der Waals surface area contributed by atoms with Crippen LogP contribution in [0.1, 0.15) is 4.88 Å². The van der Waals surface area contributed by atoms with Crippen LogP contribution in [0.4, 0.5) is 0 Å². The van der Waals surface area contributed by atoms with Crippen molar-refractivity contribution in [1.29, 1.82) is 0 Å². The van der Waals surface area contributed by atoms with Gasteiger partial charge in [-0.05, 0) is 36.8 Å². The first-order valence-electron chi connectivity index (χ1n) is 8.12. The number of rotatable bonds is 6. The summed E-state index contributed by atoms with van der Waals surface area (Å²) in [6.07, 6.45) is 3.95. The van der Waals surface area contributed by atoms with Crippen LogP contribution in [0.15, 0.2) is 58.2 Å². The minimum Gasteiger partial charge on any atom is -0.486 e. The molecule has 1 aromatic carbocycles. The van der Waals surface area contributed by atoms with E-state index in [0.717, 1.165) is 15.3 Å². The fourth-order valence-electron chi connectivity index (χ4n) is 2.65. The fourth-order valence-corrected chi connectivity index (χ4v) is 4.69. The lowest BCUT2D eigenvalue weighted by molar-refractivity contribution is 0.171. The summed E-state index contributed by atoms with van der Waals surface area (Å²) in [6, 6.07) is 10.6. The number of benzene rings is 1. The van der Waals surface area contributed by atoms with Crippen LogP contribution in [0.5, 0.6) is 11.5 Å². The maximum absolute atomic E-state index is 12.5. The average molecular weight is 391 g/mol. The van der Waals surface area contributed by atoms with Gasteiger partial charge in [-0.15, -0.1) is 11.3 Å². The van der Waals surface area contributed by atoms with E-state index in [2.05, 4.69) is 4.72 Å². The molecule has 8 heteroatoms. The predicted molar refractivity (Wildman–Crippen MR) is 98.3 cm³/mol. The summed E-state index contributed by atoms with van der Waals surface area (Å²) < 4.78 is 43.6. The first-order chi connectivity index (χ1) is 12.6. The zero-order chi connectivity index (χ0) is 18.0. The van der Waals surface area contributed by atoms with Crippen LogP contribution in [0.2, 0.25) is 0 Å². The van der Waals surface area contributed by atoms with E-state index >= 15 is 0 Å². The first-order valence-corrected chi connectivity index (χ1v) is 10.4. The van der Waals surface area contributed by atoms with Gasteiger partial charge in [-0.25, -0.2) is 13.1 Å². The van der Waals surface area contributed by atoms with Gasteiger partial charge in [-0.1, -0.05) is 0 Å². The minimum absolute atomic E-state index is 0.173. The summed E-state index contributed by atoms with van der Waals surface area (Å²) >= 11 is 1.62. The maximum atomic E-state index is 12.5.